The van der Waals surface area contributed by atoms with Crippen LogP contribution in [-0.2, 0) is 11.3 Å². The van der Waals surface area contributed by atoms with Gasteiger partial charge < -0.3 is 4.74 Å². The molecule has 1 unspecified atom stereocenters. The number of hydrogen-bond acceptors (Lipinski definition) is 6. The molecule has 1 fully saturated rings. The van der Waals surface area contributed by atoms with Crippen molar-refractivity contribution in [3.05, 3.63) is 77.6 Å². The predicted octanol–water partition coefficient (Wildman–Crippen LogP) is 3.81. The van der Waals surface area contributed by atoms with Gasteiger partial charge in [0.15, 0.2) is 5.82 Å². The lowest BCUT2D eigenvalue weighted by atomic mass is 9.95. The first-order chi connectivity index (χ1) is 16.2. The quantitative estimate of drug-likeness (QED) is 0.470. The van der Waals surface area contributed by atoms with Crippen LogP contribution in [-0.4, -0.2) is 69.9 Å². The first-order valence-corrected chi connectivity index (χ1v) is 12.0. The maximum Gasteiger partial charge on any atom is 0.168 e. The molecule has 7 heteroatoms. The maximum atomic E-state index is 5.26. The Bertz CT molecular complexity index is 914. The summed E-state index contributed by atoms with van der Waals surface area (Å²) in [6.07, 6.45) is 1.04. The van der Waals surface area contributed by atoms with Crippen molar-refractivity contribution in [1.82, 2.24) is 30.0 Å². The van der Waals surface area contributed by atoms with Crippen LogP contribution in [0.4, 0.5) is 0 Å². The number of methoxy groups -OCH3 is 1. The largest absolute Gasteiger partial charge is 0.383 e. The summed E-state index contributed by atoms with van der Waals surface area (Å²) in [4.78, 5) is 5.18. The minimum Gasteiger partial charge on any atom is -0.383 e. The molecule has 1 saturated heterocycles. The van der Waals surface area contributed by atoms with Gasteiger partial charge in [0, 0.05) is 33.3 Å². The highest BCUT2D eigenvalue weighted by Crippen LogP contribution is 2.32. The van der Waals surface area contributed by atoms with Gasteiger partial charge in [-0.3, -0.25) is 9.80 Å². The van der Waals surface area contributed by atoms with Crippen LogP contribution in [0.5, 0.6) is 0 Å². The molecule has 3 aromatic rings. The van der Waals surface area contributed by atoms with Crippen molar-refractivity contribution >= 4 is 0 Å². The number of piperazine rings is 1. The Morgan fingerprint density at radius 2 is 1.42 bits per heavy atom. The number of ether oxygens (including phenoxy) is 1. The highest BCUT2D eigenvalue weighted by molar-refractivity contribution is 5.32. The van der Waals surface area contributed by atoms with E-state index in [1.54, 1.807) is 7.11 Å². The van der Waals surface area contributed by atoms with Gasteiger partial charge in [0.05, 0.1) is 25.2 Å². The monoisotopic (exact) mass is 448 g/mol. The molecule has 0 amide bonds. The van der Waals surface area contributed by atoms with Crippen molar-refractivity contribution in [2.75, 3.05) is 39.9 Å². The summed E-state index contributed by atoms with van der Waals surface area (Å²) in [7, 11) is 1.71. The molecule has 0 saturated carbocycles. The van der Waals surface area contributed by atoms with E-state index >= 15 is 0 Å². The van der Waals surface area contributed by atoms with Crippen LogP contribution in [0.2, 0.25) is 0 Å². The molecule has 1 aliphatic heterocycles. The SMILES string of the molecule is COCCn1nnnc1C(CC(C)C)N1CCN(C(c2ccccc2)c2ccccc2)CC1. The molecule has 0 N–H and O–H groups in total. The second kappa shape index (κ2) is 11.5. The number of benzene rings is 2. The molecule has 2 heterocycles. The first-order valence-electron chi connectivity index (χ1n) is 12.0. The summed E-state index contributed by atoms with van der Waals surface area (Å²) >= 11 is 0. The average Bonchev–Trinajstić information content (AvgIpc) is 3.31. The van der Waals surface area contributed by atoms with E-state index in [1.807, 2.05) is 4.68 Å². The van der Waals surface area contributed by atoms with Crippen LogP contribution in [0.1, 0.15) is 49.3 Å². The van der Waals surface area contributed by atoms with E-state index in [9.17, 15) is 0 Å². The molecule has 0 radical (unpaired) electrons. The number of tetrazole rings is 1. The number of hydrogen-bond donors (Lipinski definition) is 0. The highest BCUT2D eigenvalue weighted by atomic mass is 16.5. The van der Waals surface area contributed by atoms with Crippen molar-refractivity contribution in [2.45, 2.75) is 38.9 Å². The van der Waals surface area contributed by atoms with Gasteiger partial charge in [0.1, 0.15) is 0 Å². The number of rotatable bonds is 10. The lowest BCUT2D eigenvalue weighted by molar-refractivity contribution is 0.0648. The van der Waals surface area contributed by atoms with Gasteiger partial charge in [-0.05, 0) is 33.9 Å². The molecule has 0 aliphatic carbocycles. The molecule has 0 bridgehead atoms. The van der Waals surface area contributed by atoms with E-state index < -0.39 is 0 Å². The summed E-state index contributed by atoms with van der Waals surface area (Å²) in [5.41, 5.74) is 2.69. The minimum atomic E-state index is 0.214. The Morgan fingerprint density at radius 1 is 0.848 bits per heavy atom. The Hall–Kier alpha value is -2.61. The standard InChI is InChI=1S/C26H36N6O/c1-21(2)20-24(26-27-28-29-32(26)18-19-33-3)30-14-16-31(17-15-30)25(22-10-6-4-7-11-22)23-12-8-5-9-13-23/h4-13,21,24-25H,14-20H2,1-3H3. The number of nitrogens with zero attached hydrogens (tertiary/aromatic N) is 6. The molecule has 33 heavy (non-hydrogen) atoms. The number of aromatic nitrogens is 4. The Balaban J connectivity index is 1.52. The third-order valence-electron chi connectivity index (χ3n) is 6.44. The van der Waals surface area contributed by atoms with Crippen molar-refractivity contribution in [2.24, 2.45) is 5.92 Å². The van der Waals surface area contributed by atoms with E-state index in [0.29, 0.717) is 19.1 Å². The van der Waals surface area contributed by atoms with Crippen LogP contribution in [0.25, 0.3) is 0 Å². The van der Waals surface area contributed by atoms with Gasteiger partial charge in [-0.1, -0.05) is 74.5 Å². The zero-order valence-corrected chi connectivity index (χ0v) is 20.0. The lowest BCUT2D eigenvalue weighted by Crippen LogP contribution is -2.49. The van der Waals surface area contributed by atoms with Crippen molar-refractivity contribution < 1.29 is 4.74 Å². The third-order valence-corrected chi connectivity index (χ3v) is 6.44. The normalized spacial score (nSPS) is 16.5. The van der Waals surface area contributed by atoms with Crippen molar-refractivity contribution in [3.8, 4) is 0 Å². The molecular formula is C26H36N6O. The fourth-order valence-electron chi connectivity index (χ4n) is 4.84. The fraction of sp³-hybridized carbons (Fsp3) is 0.500. The molecule has 7 nitrogen and oxygen atoms in total. The van der Waals surface area contributed by atoms with Crippen molar-refractivity contribution in [1.29, 1.82) is 0 Å². The predicted molar refractivity (Wildman–Crippen MR) is 130 cm³/mol. The minimum absolute atomic E-state index is 0.214. The third kappa shape index (κ3) is 5.85. The van der Waals surface area contributed by atoms with Crippen LogP contribution < -0.4 is 0 Å². The molecule has 0 spiro atoms. The molecule has 2 aromatic carbocycles. The summed E-state index contributed by atoms with van der Waals surface area (Å²) in [5.74, 6) is 1.51. The fourth-order valence-corrected chi connectivity index (χ4v) is 4.84. The van der Waals surface area contributed by atoms with E-state index in [-0.39, 0.29) is 12.1 Å². The first kappa shape index (κ1) is 23.5. The van der Waals surface area contributed by atoms with Gasteiger partial charge in [0.25, 0.3) is 0 Å². The molecule has 1 aromatic heterocycles. The zero-order valence-electron chi connectivity index (χ0n) is 20.0. The Labute approximate surface area is 197 Å². The second-order valence-corrected chi connectivity index (χ2v) is 9.19. The topological polar surface area (TPSA) is 59.3 Å². The van der Waals surface area contributed by atoms with Gasteiger partial charge in [-0.2, -0.15) is 0 Å². The molecular weight excluding hydrogens is 412 g/mol. The Morgan fingerprint density at radius 3 is 1.97 bits per heavy atom. The lowest BCUT2D eigenvalue weighted by Gasteiger charge is -2.42. The van der Waals surface area contributed by atoms with Gasteiger partial charge >= 0.3 is 0 Å². The molecule has 176 valence electrons. The molecule has 1 atom stereocenters. The van der Waals surface area contributed by atoms with Crippen LogP contribution in [0, 0.1) is 5.92 Å². The summed E-state index contributed by atoms with van der Waals surface area (Å²) in [6.45, 7) is 9.81. The maximum absolute atomic E-state index is 5.26. The average molecular weight is 449 g/mol. The van der Waals surface area contributed by atoms with Gasteiger partial charge in [-0.15, -0.1) is 5.10 Å². The highest BCUT2D eigenvalue weighted by Gasteiger charge is 2.32. The van der Waals surface area contributed by atoms with E-state index in [4.69, 9.17) is 4.74 Å². The van der Waals surface area contributed by atoms with Gasteiger partial charge in [0.2, 0.25) is 0 Å². The zero-order chi connectivity index (χ0) is 23.0. The van der Waals surface area contributed by atoms with E-state index in [1.165, 1.54) is 11.1 Å². The smallest absolute Gasteiger partial charge is 0.168 e. The van der Waals surface area contributed by atoms with Crippen molar-refractivity contribution in [3.63, 3.8) is 0 Å². The van der Waals surface area contributed by atoms with Crippen LogP contribution >= 0.6 is 0 Å². The van der Waals surface area contributed by atoms with Crippen LogP contribution in [0.3, 0.4) is 0 Å². The molecule has 1 aliphatic rings. The Kier molecular flexibility index (Phi) is 8.20. The van der Waals surface area contributed by atoms with Gasteiger partial charge in [-0.25, -0.2) is 4.68 Å². The molecule has 4 rings (SSSR count). The van der Waals surface area contributed by atoms with E-state index in [2.05, 4.69) is 99.8 Å². The summed E-state index contributed by atoms with van der Waals surface area (Å²) in [6, 6.07) is 22.2. The second-order valence-electron chi connectivity index (χ2n) is 9.19. The van der Waals surface area contributed by atoms with Crippen LogP contribution in [0.15, 0.2) is 60.7 Å². The van der Waals surface area contributed by atoms with E-state index in [0.717, 1.165) is 38.4 Å². The summed E-state index contributed by atoms with van der Waals surface area (Å²) in [5, 5.41) is 12.7. The summed E-state index contributed by atoms with van der Waals surface area (Å²) < 4.78 is 7.18.